The first-order valence-electron chi connectivity index (χ1n) is 14.4. The van der Waals surface area contributed by atoms with E-state index in [9.17, 15) is 24.3 Å². The van der Waals surface area contributed by atoms with Crippen molar-refractivity contribution in [3.05, 3.63) is 54.2 Å². The highest BCUT2D eigenvalue weighted by Gasteiger charge is 2.31. The van der Waals surface area contributed by atoms with E-state index in [-0.39, 0.29) is 44.1 Å². The van der Waals surface area contributed by atoms with Crippen LogP contribution in [0.1, 0.15) is 44.4 Å². The molecule has 0 fully saturated rings. The summed E-state index contributed by atoms with van der Waals surface area (Å²) in [5, 5.41) is 18.6. The van der Waals surface area contributed by atoms with Crippen LogP contribution in [0, 0.1) is 5.92 Å². The Kier molecular flexibility index (Phi) is 12.3. The standard InChI is InChI=1S/C29H42N10O5/c1-16(2)10-23(38-25(40)20(30)12-18-14-33-15-36-18)26(41)39-24(11-17-13-35-21-7-4-3-6-19(17)21)27(42)37-22(28(43)44)8-5-9-34-29(31)32/h3-4,6-7,13-16,20,22-24,35H,5,8-12,30H2,1-2H3,(H,33,36)(H,37,42)(H,38,40)(H,39,41)(H,43,44)(H4,31,32,34). The summed E-state index contributed by atoms with van der Waals surface area (Å²) in [6, 6.07) is 3.13. The third-order valence-corrected chi connectivity index (χ3v) is 6.96. The lowest BCUT2D eigenvalue weighted by Gasteiger charge is -2.26. The van der Waals surface area contributed by atoms with E-state index in [2.05, 4.69) is 35.9 Å². The Balaban J connectivity index is 1.80. The molecule has 0 aliphatic heterocycles. The third kappa shape index (κ3) is 10.1. The quantitative estimate of drug-likeness (QED) is 0.0548. The number of carboxylic acids is 1. The number of amides is 3. The number of fused-ring (bicyclic) bond motifs is 1. The van der Waals surface area contributed by atoms with Gasteiger partial charge in [0.25, 0.3) is 0 Å². The highest BCUT2D eigenvalue weighted by atomic mass is 16.4. The normalized spacial score (nSPS) is 13.9. The van der Waals surface area contributed by atoms with Gasteiger partial charge in [-0.3, -0.25) is 19.4 Å². The van der Waals surface area contributed by atoms with Crippen molar-refractivity contribution in [1.82, 2.24) is 30.9 Å². The first-order chi connectivity index (χ1) is 20.9. The van der Waals surface area contributed by atoms with Crippen LogP contribution in [0.4, 0.5) is 0 Å². The van der Waals surface area contributed by atoms with Crippen LogP contribution in [0.15, 0.2) is 48.0 Å². The van der Waals surface area contributed by atoms with Gasteiger partial charge in [-0.15, -0.1) is 0 Å². The lowest BCUT2D eigenvalue weighted by Crippen LogP contribution is -2.58. The molecule has 0 bridgehead atoms. The molecule has 44 heavy (non-hydrogen) atoms. The van der Waals surface area contributed by atoms with E-state index >= 15 is 0 Å². The monoisotopic (exact) mass is 610 g/mol. The van der Waals surface area contributed by atoms with Gasteiger partial charge in [0.05, 0.1) is 12.4 Å². The number of carboxylic acid groups (broad SMARTS) is 1. The number of aromatic amines is 2. The fourth-order valence-electron chi connectivity index (χ4n) is 4.74. The van der Waals surface area contributed by atoms with E-state index in [0.717, 1.165) is 16.5 Å². The number of nitrogens with two attached hydrogens (primary N) is 3. The average Bonchev–Trinajstić information content (AvgIpc) is 3.63. The molecule has 0 saturated carbocycles. The van der Waals surface area contributed by atoms with Crippen molar-refractivity contribution in [2.75, 3.05) is 6.54 Å². The Labute approximate surface area is 254 Å². The van der Waals surface area contributed by atoms with Gasteiger partial charge < -0.3 is 48.2 Å². The van der Waals surface area contributed by atoms with Gasteiger partial charge in [-0.2, -0.15) is 0 Å². The average molecular weight is 611 g/mol. The maximum atomic E-state index is 13.6. The van der Waals surface area contributed by atoms with Crippen LogP contribution >= 0.6 is 0 Å². The fourth-order valence-corrected chi connectivity index (χ4v) is 4.74. The van der Waals surface area contributed by atoms with Crippen LogP contribution < -0.4 is 33.2 Å². The summed E-state index contributed by atoms with van der Waals surface area (Å²) in [4.78, 5) is 65.9. The first-order valence-corrected chi connectivity index (χ1v) is 14.4. The number of rotatable bonds is 17. The first kappa shape index (κ1) is 33.6. The van der Waals surface area contributed by atoms with Gasteiger partial charge in [-0.25, -0.2) is 9.78 Å². The number of carbonyl (C=O) groups excluding carboxylic acids is 3. The van der Waals surface area contributed by atoms with Gasteiger partial charge in [0.2, 0.25) is 17.7 Å². The van der Waals surface area contributed by atoms with Crippen molar-refractivity contribution in [3.8, 4) is 0 Å². The summed E-state index contributed by atoms with van der Waals surface area (Å²) in [6.07, 6.45) is 5.66. The number of para-hydroxylation sites is 1. The van der Waals surface area contributed by atoms with Crippen molar-refractivity contribution in [2.24, 2.45) is 28.1 Å². The van der Waals surface area contributed by atoms with E-state index in [1.165, 1.54) is 6.33 Å². The highest BCUT2D eigenvalue weighted by Crippen LogP contribution is 2.19. The molecule has 4 unspecified atom stereocenters. The van der Waals surface area contributed by atoms with E-state index in [0.29, 0.717) is 12.1 Å². The zero-order valence-corrected chi connectivity index (χ0v) is 24.9. The minimum atomic E-state index is -1.24. The Bertz CT molecular complexity index is 1430. The summed E-state index contributed by atoms with van der Waals surface area (Å²) in [7, 11) is 0. The molecule has 0 aliphatic rings. The van der Waals surface area contributed by atoms with Crippen LogP contribution in [-0.4, -0.2) is 80.4 Å². The second kappa shape index (κ2) is 16.1. The number of hydrogen-bond donors (Lipinski definition) is 9. The Morgan fingerprint density at radius 2 is 1.64 bits per heavy atom. The van der Waals surface area contributed by atoms with Gasteiger partial charge in [0.15, 0.2) is 5.96 Å². The largest absolute Gasteiger partial charge is 0.480 e. The van der Waals surface area contributed by atoms with Gasteiger partial charge >= 0.3 is 5.97 Å². The molecule has 3 amide bonds. The number of imidazole rings is 1. The topological polar surface area (TPSA) is 259 Å². The number of aliphatic imine (C=N–C) groups is 1. The van der Waals surface area contributed by atoms with Gasteiger partial charge in [-0.05, 0) is 36.8 Å². The molecule has 238 valence electrons. The minimum absolute atomic E-state index is 0.0115. The molecular formula is C29H42N10O5. The molecular weight excluding hydrogens is 568 g/mol. The Morgan fingerprint density at radius 3 is 2.30 bits per heavy atom. The van der Waals surface area contributed by atoms with E-state index in [4.69, 9.17) is 17.2 Å². The number of nitrogens with zero attached hydrogens (tertiary/aromatic N) is 2. The number of carbonyl (C=O) groups is 4. The number of H-pyrrole nitrogens is 2. The molecule has 12 N–H and O–H groups in total. The summed E-state index contributed by atoms with van der Waals surface area (Å²) in [5.41, 5.74) is 19.0. The number of benzene rings is 1. The summed E-state index contributed by atoms with van der Waals surface area (Å²) >= 11 is 0. The molecule has 3 aromatic rings. The van der Waals surface area contributed by atoms with E-state index in [1.54, 1.807) is 12.4 Å². The van der Waals surface area contributed by atoms with Gasteiger partial charge in [0, 0.05) is 48.4 Å². The molecule has 0 saturated heterocycles. The van der Waals surface area contributed by atoms with Gasteiger partial charge in [-0.1, -0.05) is 32.0 Å². The molecule has 15 heteroatoms. The Morgan fingerprint density at radius 1 is 0.955 bits per heavy atom. The van der Waals surface area contributed by atoms with Crippen molar-refractivity contribution in [1.29, 1.82) is 0 Å². The predicted octanol–water partition coefficient (Wildman–Crippen LogP) is -0.358. The zero-order valence-electron chi connectivity index (χ0n) is 24.9. The minimum Gasteiger partial charge on any atom is -0.480 e. The van der Waals surface area contributed by atoms with Crippen LogP contribution in [0.25, 0.3) is 10.9 Å². The van der Waals surface area contributed by atoms with Crippen molar-refractivity contribution in [3.63, 3.8) is 0 Å². The van der Waals surface area contributed by atoms with Crippen molar-refractivity contribution >= 4 is 40.6 Å². The SMILES string of the molecule is CC(C)CC(NC(=O)C(N)Cc1cnc[nH]1)C(=O)NC(Cc1c[nH]c2ccccc12)C(=O)NC(CCCN=C(N)N)C(=O)O. The second-order valence-electron chi connectivity index (χ2n) is 11.1. The number of hydrogen-bond acceptors (Lipinski definition) is 7. The molecule has 0 spiro atoms. The summed E-state index contributed by atoms with van der Waals surface area (Å²) in [6.45, 7) is 3.98. The second-order valence-corrected chi connectivity index (χ2v) is 11.1. The molecule has 3 rings (SSSR count). The van der Waals surface area contributed by atoms with Crippen LogP contribution in [0.2, 0.25) is 0 Å². The van der Waals surface area contributed by atoms with Gasteiger partial charge in [0.1, 0.15) is 18.1 Å². The van der Waals surface area contributed by atoms with Crippen LogP contribution in [0.3, 0.4) is 0 Å². The summed E-state index contributed by atoms with van der Waals surface area (Å²) < 4.78 is 0. The third-order valence-electron chi connectivity index (χ3n) is 6.96. The number of nitrogens with one attached hydrogen (secondary N) is 5. The molecule has 2 heterocycles. The fraction of sp³-hybridized carbons (Fsp3) is 0.448. The highest BCUT2D eigenvalue weighted by molar-refractivity contribution is 5.95. The molecule has 15 nitrogen and oxygen atoms in total. The maximum Gasteiger partial charge on any atom is 0.326 e. The van der Waals surface area contributed by atoms with Crippen molar-refractivity contribution < 1.29 is 24.3 Å². The molecule has 0 radical (unpaired) electrons. The Hall–Kier alpha value is -4.92. The van der Waals surface area contributed by atoms with Crippen LogP contribution in [0.5, 0.6) is 0 Å². The molecule has 2 aromatic heterocycles. The number of aromatic nitrogens is 3. The number of guanidine groups is 1. The lowest BCUT2D eigenvalue weighted by molar-refractivity contribution is -0.142. The zero-order chi connectivity index (χ0) is 32.2. The van der Waals surface area contributed by atoms with Crippen LogP contribution in [-0.2, 0) is 32.0 Å². The predicted molar refractivity (Wildman–Crippen MR) is 165 cm³/mol. The van der Waals surface area contributed by atoms with Crippen molar-refractivity contribution in [2.45, 2.75) is 70.1 Å². The molecule has 0 aliphatic carbocycles. The van der Waals surface area contributed by atoms with E-state index < -0.39 is 47.9 Å². The molecule has 1 aromatic carbocycles. The smallest absolute Gasteiger partial charge is 0.326 e. The van der Waals surface area contributed by atoms with E-state index in [1.807, 2.05) is 38.1 Å². The molecule has 4 atom stereocenters. The lowest BCUT2D eigenvalue weighted by atomic mass is 10.00. The number of aliphatic carboxylic acids is 1. The summed E-state index contributed by atoms with van der Waals surface area (Å²) in [5.74, 6) is -3.17. The maximum absolute atomic E-state index is 13.6.